The molecule has 0 radical (unpaired) electrons. The van der Waals surface area contributed by atoms with E-state index in [0.29, 0.717) is 17.5 Å². The first-order valence-corrected chi connectivity index (χ1v) is 20.3. The maximum absolute atomic E-state index is 6.80. The minimum Gasteiger partial charge on any atom is -0.456 e. The van der Waals surface area contributed by atoms with E-state index in [2.05, 4.69) is 128 Å². The summed E-state index contributed by atoms with van der Waals surface area (Å²) in [5.74, 6) is 1.83. The first-order chi connectivity index (χ1) is 25.0. The predicted molar refractivity (Wildman–Crippen MR) is 210 cm³/mol. The molecule has 6 heteroatoms. The Morgan fingerprint density at radius 3 is 1.92 bits per heavy atom. The van der Waals surface area contributed by atoms with Gasteiger partial charge in [0, 0.05) is 43.8 Å². The van der Waals surface area contributed by atoms with E-state index in [1.807, 2.05) is 24.3 Å². The minimum absolute atomic E-state index is 0.590. The highest BCUT2D eigenvalue weighted by Gasteiger charge is 2.40. The fraction of sp³-hybridized carbons (Fsp3) is 0.0444. The van der Waals surface area contributed by atoms with E-state index >= 15 is 0 Å². The molecule has 0 saturated heterocycles. The van der Waals surface area contributed by atoms with Gasteiger partial charge in [-0.25, -0.2) is 15.0 Å². The van der Waals surface area contributed by atoms with Crippen LogP contribution in [0.1, 0.15) is 0 Å². The molecule has 0 N–H and O–H groups in total. The molecule has 0 fully saturated rings. The van der Waals surface area contributed by atoms with Crippen molar-refractivity contribution in [2.45, 2.75) is 13.1 Å². The van der Waals surface area contributed by atoms with Crippen molar-refractivity contribution in [1.29, 1.82) is 0 Å². The number of nitrogens with zero attached hydrogens (tertiary/aromatic N) is 3. The normalized spacial score (nSPS) is 13.5. The summed E-state index contributed by atoms with van der Waals surface area (Å²) in [5, 5.41) is 9.29. The van der Waals surface area contributed by atoms with Crippen molar-refractivity contribution in [2.75, 3.05) is 0 Å². The smallest absolute Gasteiger partial charge is 0.164 e. The molecular formula is C45H29N3O2Si. The minimum atomic E-state index is -2.09. The van der Waals surface area contributed by atoms with E-state index < -0.39 is 8.07 Å². The molecule has 0 atom stereocenters. The molecule has 0 unspecified atom stereocenters. The van der Waals surface area contributed by atoms with Crippen LogP contribution in [0.15, 0.2) is 148 Å². The molecule has 0 bridgehead atoms. The number of benzene rings is 7. The van der Waals surface area contributed by atoms with Crippen LogP contribution in [0, 0.1) is 0 Å². The highest BCUT2D eigenvalue weighted by atomic mass is 28.3. The maximum atomic E-state index is 6.80. The van der Waals surface area contributed by atoms with Gasteiger partial charge in [-0.05, 0) is 63.1 Å². The average molecular weight is 672 g/mol. The summed E-state index contributed by atoms with van der Waals surface area (Å²) in [6, 6.07) is 48.7. The van der Waals surface area contributed by atoms with Crippen molar-refractivity contribution < 1.29 is 8.83 Å². The Labute approximate surface area is 293 Å². The topological polar surface area (TPSA) is 65.0 Å². The lowest BCUT2D eigenvalue weighted by atomic mass is 9.98. The summed E-state index contributed by atoms with van der Waals surface area (Å²) in [4.78, 5) is 15.7. The summed E-state index contributed by atoms with van der Waals surface area (Å²) >= 11 is 0. The molecule has 11 rings (SSSR count). The Morgan fingerprint density at radius 2 is 1.08 bits per heavy atom. The summed E-state index contributed by atoms with van der Waals surface area (Å²) in [5.41, 5.74) is 8.63. The monoisotopic (exact) mass is 671 g/mol. The van der Waals surface area contributed by atoms with Gasteiger partial charge in [0.1, 0.15) is 30.4 Å². The number of para-hydroxylation sites is 2. The SMILES string of the molecule is C[Si]1(C)c2ccccc2-c2c1cc(-c1nc(-c3ccc4ccccc4c3)nc(-c3ccc4c(c3)oc3ccccc34)n1)c1c2oc2ccccc21. The Morgan fingerprint density at radius 1 is 0.451 bits per heavy atom. The van der Waals surface area contributed by atoms with Crippen molar-refractivity contribution >= 4 is 73.1 Å². The summed E-state index contributed by atoms with van der Waals surface area (Å²) in [6.07, 6.45) is 0. The lowest BCUT2D eigenvalue weighted by Gasteiger charge is -2.19. The van der Waals surface area contributed by atoms with E-state index in [1.54, 1.807) is 0 Å². The summed E-state index contributed by atoms with van der Waals surface area (Å²) < 4.78 is 13.1. The van der Waals surface area contributed by atoms with Gasteiger partial charge in [0.2, 0.25) is 0 Å². The molecular weight excluding hydrogens is 643 g/mol. The fourth-order valence-corrected chi connectivity index (χ4v) is 11.2. The largest absolute Gasteiger partial charge is 0.456 e. The number of hydrogen-bond donors (Lipinski definition) is 0. The number of fused-ring (bicyclic) bond motifs is 11. The van der Waals surface area contributed by atoms with Crippen molar-refractivity contribution in [1.82, 2.24) is 15.0 Å². The molecule has 0 saturated carbocycles. The quantitative estimate of drug-likeness (QED) is 0.175. The average Bonchev–Trinajstić information content (AvgIpc) is 3.82. The number of furan rings is 2. The molecule has 1 aliphatic heterocycles. The van der Waals surface area contributed by atoms with Gasteiger partial charge in [-0.15, -0.1) is 0 Å². The highest BCUT2D eigenvalue weighted by Crippen LogP contribution is 2.44. The second-order valence-corrected chi connectivity index (χ2v) is 18.3. The number of hydrogen-bond acceptors (Lipinski definition) is 5. The third-order valence-corrected chi connectivity index (χ3v) is 14.2. The lowest BCUT2D eigenvalue weighted by molar-refractivity contribution is 0.669. The van der Waals surface area contributed by atoms with Gasteiger partial charge in [-0.1, -0.05) is 116 Å². The van der Waals surface area contributed by atoms with E-state index in [9.17, 15) is 0 Å². The second kappa shape index (κ2) is 10.3. The van der Waals surface area contributed by atoms with Crippen molar-refractivity contribution in [2.24, 2.45) is 0 Å². The third kappa shape index (κ3) is 4.11. The molecule has 1 aliphatic rings. The molecule has 7 aromatic carbocycles. The van der Waals surface area contributed by atoms with Gasteiger partial charge in [0.05, 0.1) is 0 Å². The van der Waals surface area contributed by atoms with Crippen LogP contribution < -0.4 is 10.4 Å². The van der Waals surface area contributed by atoms with Crippen LogP contribution in [-0.4, -0.2) is 23.0 Å². The van der Waals surface area contributed by atoms with Gasteiger partial charge in [0.25, 0.3) is 0 Å². The number of aromatic nitrogens is 3. The van der Waals surface area contributed by atoms with Crippen molar-refractivity contribution in [3.63, 3.8) is 0 Å². The van der Waals surface area contributed by atoms with Crippen LogP contribution in [0.4, 0.5) is 0 Å². The summed E-state index contributed by atoms with van der Waals surface area (Å²) in [6.45, 7) is 4.86. The Bertz CT molecular complexity index is 3080. The van der Waals surface area contributed by atoms with Gasteiger partial charge >= 0.3 is 0 Å². The highest BCUT2D eigenvalue weighted by molar-refractivity contribution is 7.04. The Kier molecular flexibility index (Phi) is 5.76. The van der Waals surface area contributed by atoms with Crippen LogP contribution in [0.25, 0.3) is 99.9 Å². The molecule has 51 heavy (non-hydrogen) atoms. The van der Waals surface area contributed by atoms with Crippen LogP contribution in [-0.2, 0) is 0 Å². The Balaban J connectivity index is 1.22. The van der Waals surface area contributed by atoms with Gasteiger partial charge in [0.15, 0.2) is 17.5 Å². The fourth-order valence-electron chi connectivity index (χ4n) is 8.18. The van der Waals surface area contributed by atoms with E-state index in [4.69, 9.17) is 23.8 Å². The lowest BCUT2D eigenvalue weighted by Crippen LogP contribution is -2.49. The summed E-state index contributed by atoms with van der Waals surface area (Å²) in [7, 11) is -2.09. The number of rotatable bonds is 3. The van der Waals surface area contributed by atoms with Gasteiger partial charge in [-0.3, -0.25) is 0 Å². The standard InChI is InChI=1S/C45H29N3O2Si/c1-51(2)38-18-10-7-15-33(38)41-39(51)25-34(40-32-14-6-9-17-36(32)50-42(40)41)45-47-43(28-20-19-26-11-3-4-12-27(26)23-28)46-44(48-45)29-21-22-31-30-13-5-8-16-35(30)49-37(31)24-29/h3-25H,1-2H3. The molecule has 10 aromatic rings. The van der Waals surface area contributed by atoms with Crippen LogP contribution in [0.5, 0.6) is 0 Å². The zero-order valence-corrected chi connectivity index (χ0v) is 28.9. The second-order valence-electron chi connectivity index (χ2n) is 14.0. The first kappa shape index (κ1) is 28.5. The Hall–Kier alpha value is -6.37. The van der Waals surface area contributed by atoms with Gasteiger partial charge in [-0.2, -0.15) is 0 Å². The molecule has 0 amide bonds. The van der Waals surface area contributed by atoms with E-state index in [-0.39, 0.29) is 0 Å². The molecule has 240 valence electrons. The van der Waals surface area contributed by atoms with Crippen molar-refractivity contribution in [3.05, 3.63) is 140 Å². The first-order valence-electron chi connectivity index (χ1n) is 17.3. The molecule has 4 heterocycles. The maximum Gasteiger partial charge on any atom is 0.164 e. The molecule has 5 nitrogen and oxygen atoms in total. The predicted octanol–water partition coefficient (Wildman–Crippen LogP) is 10.6. The van der Waals surface area contributed by atoms with Gasteiger partial charge < -0.3 is 8.83 Å². The molecule has 0 spiro atoms. The zero-order chi connectivity index (χ0) is 33.8. The van der Waals surface area contributed by atoms with Crippen LogP contribution in [0.3, 0.4) is 0 Å². The van der Waals surface area contributed by atoms with E-state index in [0.717, 1.165) is 66.0 Å². The van der Waals surface area contributed by atoms with Crippen LogP contribution >= 0.6 is 0 Å². The molecule has 3 aromatic heterocycles. The van der Waals surface area contributed by atoms with E-state index in [1.165, 1.54) is 26.9 Å². The third-order valence-electron chi connectivity index (χ3n) is 10.7. The zero-order valence-electron chi connectivity index (χ0n) is 27.9. The molecule has 0 aliphatic carbocycles. The van der Waals surface area contributed by atoms with Crippen LogP contribution in [0.2, 0.25) is 13.1 Å². The van der Waals surface area contributed by atoms with Crippen molar-refractivity contribution in [3.8, 4) is 45.3 Å².